The quantitative estimate of drug-likeness (QED) is 0.653. The van der Waals surface area contributed by atoms with E-state index in [1.165, 1.54) is 17.4 Å². The molecule has 0 saturated heterocycles. The third-order valence-corrected chi connectivity index (χ3v) is 7.57. The predicted octanol–water partition coefficient (Wildman–Crippen LogP) is 4.84. The van der Waals surface area contributed by atoms with Crippen LogP contribution in [-0.2, 0) is 16.4 Å². The molecular formula is C19H19ClFNO2S2. The Morgan fingerprint density at radius 3 is 2.27 bits per heavy atom. The van der Waals surface area contributed by atoms with Crippen LogP contribution in [0.15, 0.2) is 63.7 Å². The molecule has 7 heteroatoms. The number of rotatable bonds is 5. The third-order valence-electron chi connectivity index (χ3n) is 3.99. The molecule has 2 aromatic carbocycles. The fraction of sp³-hybridized carbons (Fsp3) is 0.158. The smallest absolute Gasteiger partial charge is 0.216 e. The van der Waals surface area contributed by atoms with Crippen LogP contribution in [0.3, 0.4) is 0 Å². The molecule has 3 rings (SSSR count). The van der Waals surface area contributed by atoms with Gasteiger partial charge in [-0.15, -0.1) is 23.7 Å². The second kappa shape index (κ2) is 8.31. The maximum absolute atomic E-state index is 14.4. The molecule has 3 nitrogen and oxygen atoms in total. The molecule has 3 aromatic rings. The summed E-state index contributed by atoms with van der Waals surface area (Å²) < 4.78 is 41.0. The standard InChI is InChI=1S/C19H18FNO2S2.ClH/c1-13-17(12-21-2)24-19(18(13)15-10-6-7-11-16(15)20)25(22,23)14-8-4-3-5-9-14;/h3-11,21H,12H2,1-2H3;1H. The fourth-order valence-electron chi connectivity index (χ4n) is 2.73. The van der Waals surface area contributed by atoms with Crippen molar-refractivity contribution in [1.82, 2.24) is 5.32 Å². The van der Waals surface area contributed by atoms with Crippen LogP contribution in [0.2, 0.25) is 0 Å². The van der Waals surface area contributed by atoms with Crippen molar-refractivity contribution in [2.45, 2.75) is 22.6 Å². The Kier molecular flexibility index (Phi) is 6.58. The highest BCUT2D eigenvalue weighted by molar-refractivity contribution is 7.93. The van der Waals surface area contributed by atoms with E-state index in [0.717, 1.165) is 10.4 Å². The molecule has 138 valence electrons. The van der Waals surface area contributed by atoms with Gasteiger partial charge in [0.2, 0.25) is 9.84 Å². The van der Waals surface area contributed by atoms with Gasteiger partial charge >= 0.3 is 0 Å². The average Bonchev–Trinajstić information content (AvgIpc) is 2.94. The van der Waals surface area contributed by atoms with Gasteiger partial charge in [-0.1, -0.05) is 36.4 Å². The van der Waals surface area contributed by atoms with Gasteiger partial charge in [0.05, 0.1) is 4.90 Å². The number of halogens is 2. The molecule has 0 radical (unpaired) electrons. The number of hydrogen-bond donors (Lipinski definition) is 1. The molecule has 1 aromatic heterocycles. The highest BCUT2D eigenvalue weighted by Gasteiger charge is 2.28. The summed E-state index contributed by atoms with van der Waals surface area (Å²) in [6, 6.07) is 14.5. The van der Waals surface area contributed by atoms with Crippen molar-refractivity contribution in [3.63, 3.8) is 0 Å². The van der Waals surface area contributed by atoms with Gasteiger partial charge in [0.25, 0.3) is 0 Å². The lowest BCUT2D eigenvalue weighted by Gasteiger charge is -2.08. The first-order valence-electron chi connectivity index (χ1n) is 7.78. The Bertz CT molecular complexity index is 1000. The molecule has 0 amide bonds. The molecular weight excluding hydrogens is 393 g/mol. The van der Waals surface area contributed by atoms with Crippen LogP contribution in [0.5, 0.6) is 0 Å². The number of nitrogens with one attached hydrogen (secondary N) is 1. The summed E-state index contributed by atoms with van der Waals surface area (Å²) in [5.41, 5.74) is 1.56. The van der Waals surface area contributed by atoms with E-state index in [4.69, 9.17) is 0 Å². The highest BCUT2D eigenvalue weighted by atomic mass is 35.5. The number of hydrogen-bond acceptors (Lipinski definition) is 4. The molecule has 0 fully saturated rings. The van der Waals surface area contributed by atoms with Crippen LogP contribution in [0, 0.1) is 12.7 Å². The van der Waals surface area contributed by atoms with E-state index in [9.17, 15) is 12.8 Å². The number of benzene rings is 2. The monoisotopic (exact) mass is 411 g/mol. The van der Waals surface area contributed by atoms with Gasteiger partial charge in [0.1, 0.15) is 10.0 Å². The van der Waals surface area contributed by atoms with Crippen molar-refractivity contribution < 1.29 is 12.8 Å². The summed E-state index contributed by atoms with van der Waals surface area (Å²) in [7, 11) is -1.93. The van der Waals surface area contributed by atoms with Crippen molar-refractivity contribution >= 4 is 33.6 Å². The maximum atomic E-state index is 14.4. The van der Waals surface area contributed by atoms with Crippen molar-refractivity contribution in [1.29, 1.82) is 0 Å². The van der Waals surface area contributed by atoms with Gasteiger partial charge in [0.15, 0.2) is 0 Å². The van der Waals surface area contributed by atoms with Crippen molar-refractivity contribution in [2.24, 2.45) is 0 Å². The van der Waals surface area contributed by atoms with Gasteiger partial charge in [-0.2, -0.15) is 0 Å². The maximum Gasteiger partial charge on any atom is 0.216 e. The predicted molar refractivity (Wildman–Crippen MR) is 106 cm³/mol. The van der Waals surface area contributed by atoms with E-state index < -0.39 is 15.7 Å². The highest BCUT2D eigenvalue weighted by Crippen LogP contribution is 2.42. The lowest BCUT2D eigenvalue weighted by molar-refractivity contribution is 0.598. The Hall–Kier alpha value is -1.73. The molecule has 0 atom stereocenters. The Morgan fingerprint density at radius 2 is 1.65 bits per heavy atom. The minimum atomic E-state index is -3.73. The zero-order valence-corrected chi connectivity index (χ0v) is 16.8. The Balaban J connectivity index is 0.00000243. The van der Waals surface area contributed by atoms with E-state index in [0.29, 0.717) is 17.7 Å². The Morgan fingerprint density at radius 1 is 1.04 bits per heavy atom. The second-order valence-electron chi connectivity index (χ2n) is 5.64. The normalized spacial score (nSPS) is 11.2. The van der Waals surface area contributed by atoms with E-state index in [1.807, 2.05) is 6.92 Å². The van der Waals surface area contributed by atoms with Gasteiger partial charge < -0.3 is 5.32 Å². The number of sulfone groups is 1. The fourth-order valence-corrected chi connectivity index (χ4v) is 6.08. The largest absolute Gasteiger partial charge is 0.315 e. The molecule has 0 aliphatic rings. The second-order valence-corrected chi connectivity index (χ2v) is 8.89. The lowest BCUT2D eigenvalue weighted by Crippen LogP contribution is -2.04. The van der Waals surface area contributed by atoms with E-state index in [-0.39, 0.29) is 21.5 Å². The summed E-state index contributed by atoms with van der Waals surface area (Å²) in [5.74, 6) is -0.427. The molecule has 0 unspecified atom stereocenters. The van der Waals surface area contributed by atoms with Crippen molar-refractivity contribution in [3.8, 4) is 11.1 Å². The van der Waals surface area contributed by atoms with Crippen molar-refractivity contribution in [2.75, 3.05) is 7.05 Å². The van der Waals surface area contributed by atoms with Crippen LogP contribution in [0.1, 0.15) is 10.4 Å². The topological polar surface area (TPSA) is 46.2 Å². The summed E-state index contributed by atoms with van der Waals surface area (Å²) in [6.07, 6.45) is 0. The molecule has 1 heterocycles. The van der Waals surface area contributed by atoms with Crippen LogP contribution < -0.4 is 5.32 Å². The summed E-state index contributed by atoms with van der Waals surface area (Å²) in [4.78, 5) is 1.10. The Labute approximate surface area is 163 Å². The zero-order chi connectivity index (χ0) is 18.0. The molecule has 0 aliphatic carbocycles. The van der Waals surface area contributed by atoms with Crippen LogP contribution in [-0.4, -0.2) is 15.5 Å². The number of thiophene rings is 1. The van der Waals surface area contributed by atoms with Crippen LogP contribution >= 0.6 is 23.7 Å². The average molecular weight is 412 g/mol. The molecule has 0 saturated carbocycles. The first-order chi connectivity index (χ1) is 12.0. The van der Waals surface area contributed by atoms with Gasteiger partial charge in [-0.25, -0.2) is 12.8 Å². The first kappa shape index (κ1) is 20.6. The van der Waals surface area contributed by atoms with E-state index in [1.54, 1.807) is 55.6 Å². The summed E-state index contributed by atoms with van der Waals surface area (Å²) >= 11 is 1.20. The van der Waals surface area contributed by atoms with Crippen LogP contribution in [0.25, 0.3) is 11.1 Å². The van der Waals surface area contributed by atoms with Crippen molar-refractivity contribution in [3.05, 3.63) is 70.9 Å². The van der Waals surface area contributed by atoms with E-state index >= 15 is 0 Å². The zero-order valence-electron chi connectivity index (χ0n) is 14.3. The van der Waals surface area contributed by atoms with Gasteiger partial charge in [-0.3, -0.25) is 0 Å². The molecule has 0 bridgehead atoms. The summed E-state index contributed by atoms with van der Waals surface area (Å²) in [5, 5.41) is 3.04. The summed E-state index contributed by atoms with van der Waals surface area (Å²) in [6.45, 7) is 2.37. The SMILES string of the molecule is CNCc1sc(S(=O)(=O)c2ccccc2)c(-c2ccccc2F)c1C.Cl. The van der Waals surface area contributed by atoms with Gasteiger partial charge in [0, 0.05) is 22.5 Å². The minimum absolute atomic E-state index is 0. The van der Waals surface area contributed by atoms with Crippen LogP contribution in [0.4, 0.5) is 4.39 Å². The molecule has 0 aliphatic heterocycles. The van der Waals surface area contributed by atoms with E-state index in [2.05, 4.69) is 5.32 Å². The third kappa shape index (κ3) is 3.69. The molecule has 26 heavy (non-hydrogen) atoms. The molecule has 1 N–H and O–H groups in total. The van der Waals surface area contributed by atoms with Gasteiger partial charge in [-0.05, 0) is 37.7 Å². The lowest BCUT2D eigenvalue weighted by atomic mass is 10.0. The first-order valence-corrected chi connectivity index (χ1v) is 10.1. The minimum Gasteiger partial charge on any atom is -0.315 e. The molecule has 0 spiro atoms.